The first-order valence-electron chi connectivity index (χ1n) is 3.52. The molecule has 0 saturated heterocycles. The Balaban J connectivity index is 3.31. The summed E-state index contributed by atoms with van der Waals surface area (Å²) in [7, 11) is -1.69. The average molecular weight is 279 g/mol. The molecule has 0 saturated carbocycles. The van der Waals surface area contributed by atoms with E-state index in [2.05, 4.69) is 15.9 Å². The van der Waals surface area contributed by atoms with E-state index in [0.717, 1.165) is 0 Å². The van der Waals surface area contributed by atoms with E-state index in [1.165, 1.54) is 12.1 Å². The van der Waals surface area contributed by atoms with E-state index in [9.17, 15) is 4.79 Å². The summed E-state index contributed by atoms with van der Waals surface area (Å²) in [6.07, 6.45) is 0. The number of carboxylic acids is 1. The number of hydrogen-bond donors (Lipinski definition) is 3. The molecule has 1 aromatic rings. The number of carboxylic acid groups (broad SMARTS) is 1. The molecule has 14 heavy (non-hydrogen) atoms. The van der Waals surface area contributed by atoms with Crippen LogP contribution in [0.2, 0.25) is 5.02 Å². The molecule has 0 aliphatic rings. The monoisotopic (exact) mass is 278 g/mol. The normalized spacial score (nSPS) is 10.0. The molecule has 0 bridgehead atoms. The lowest BCUT2D eigenvalue weighted by molar-refractivity contribution is 0.0697. The van der Waals surface area contributed by atoms with Gasteiger partial charge in [0, 0.05) is 4.47 Å². The van der Waals surface area contributed by atoms with Crippen molar-refractivity contribution in [2.24, 2.45) is 0 Å². The van der Waals surface area contributed by atoms with Crippen molar-refractivity contribution in [3.05, 3.63) is 27.2 Å². The number of aromatic carboxylic acids is 1. The van der Waals surface area contributed by atoms with Crippen LogP contribution in [0.1, 0.15) is 10.4 Å². The van der Waals surface area contributed by atoms with Gasteiger partial charge in [0.15, 0.2) is 0 Å². The van der Waals surface area contributed by atoms with E-state index in [1.54, 1.807) is 0 Å². The van der Waals surface area contributed by atoms with Gasteiger partial charge in [0.25, 0.3) is 0 Å². The van der Waals surface area contributed by atoms with Crippen LogP contribution in [0.3, 0.4) is 0 Å². The fourth-order valence-corrected chi connectivity index (χ4v) is 1.73. The van der Waals surface area contributed by atoms with Crippen molar-refractivity contribution in [2.45, 2.75) is 0 Å². The van der Waals surface area contributed by atoms with Crippen LogP contribution in [0, 0.1) is 0 Å². The van der Waals surface area contributed by atoms with Crippen molar-refractivity contribution in [2.75, 3.05) is 0 Å². The molecule has 0 amide bonds. The van der Waals surface area contributed by atoms with E-state index >= 15 is 0 Å². The highest BCUT2D eigenvalue weighted by molar-refractivity contribution is 9.10. The maximum Gasteiger partial charge on any atom is 0.489 e. The van der Waals surface area contributed by atoms with Gasteiger partial charge < -0.3 is 15.2 Å². The van der Waals surface area contributed by atoms with E-state index in [-0.39, 0.29) is 20.5 Å². The van der Waals surface area contributed by atoms with Gasteiger partial charge in [0.1, 0.15) is 0 Å². The minimum atomic E-state index is -1.69. The Hall–Kier alpha value is -0.555. The Morgan fingerprint density at radius 2 is 2.00 bits per heavy atom. The van der Waals surface area contributed by atoms with Gasteiger partial charge >= 0.3 is 13.1 Å². The van der Waals surface area contributed by atoms with Crippen LogP contribution in [0.25, 0.3) is 0 Å². The highest BCUT2D eigenvalue weighted by atomic mass is 79.9. The average Bonchev–Trinajstić information content (AvgIpc) is 2.07. The zero-order chi connectivity index (χ0) is 10.9. The Morgan fingerprint density at radius 1 is 1.43 bits per heavy atom. The van der Waals surface area contributed by atoms with Crippen molar-refractivity contribution in [3.8, 4) is 0 Å². The minimum absolute atomic E-state index is 0.0381. The minimum Gasteiger partial charge on any atom is -0.478 e. The zero-order valence-corrected chi connectivity index (χ0v) is 9.08. The molecule has 7 heteroatoms. The lowest BCUT2D eigenvalue weighted by Gasteiger charge is -2.06. The van der Waals surface area contributed by atoms with Gasteiger partial charge in [-0.1, -0.05) is 27.5 Å². The van der Waals surface area contributed by atoms with E-state index in [4.69, 9.17) is 26.8 Å². The zero-order valence-electron chi connectivity index (χ0n) is 6.74. The van der Waals surface area contributed by atoms with Gasteiger partial charge in [-0.3, -0.25) is 0 Å². The molecule has 0 atom stereocenters. The lowest BCUT2D eigenvalue weighted by Crippen LogP contribution is -2.31. The first-order valence-corrected chi connectivity index (χ1v) is 4.69. The summed E-state index contributed by atoms with van der Waals surface area (Å²) in [5.74, 6) is -1.17. The number of halogens is 2. The fraction of sp³-hybridized carbons (Fsp3) is 0. The number of hydrogen-bond acceptors (Lipinski definition) is 3. The Morgan fingerprint density at radius 3 is 2.43 bits per heavy atom. The molecule has 0 radical (unpaired) electrons. The van der Waals surface area contributed by atoms with Gasteiger partial charge in [-0.2, -0.15) is 0 Å². The van der Waals surface area contributed by atoms with Crippen LogP contribution in [-0.4, -0.2) is 28.2 Å². The molecule has 0 unspecified atom stereocenters. The summed E-state index contributed by atoms with van der Waals surface area (Å²) in [5.41, 5.74) is 0.0305. The van der Waals surface area contributed by atoms with Crippen LogP contribution in [0.4, 0.5) is 0 Å². The maximum atomic E-state index is 10.6. The SMILES string of the molecule is O=C(O)c1cc(Br)c(B(O)O)cc1Cl. The van der Waals surface area contributed by atoms with Crippen molar-refractivity contribution in [1.29, 1.82) is 0 Å². The van der Waals surface area contributed by atoms with Crippen molar-refractivity contribution in [1.82, 2.24) is 0 Å². The van der Waals surface area contributed by atoms with Crippen LogP contribution in [-0.2, 0) is 0 Å². The van der Waals surface area contributed by atoms with Gasteiger partial charge in [-0.25, -0.2) is 4.79 Å². The molecule has 1 aromatic carbocycles. The summed E-state index contributed by atoms with van der Waals surface area (Å²) >= 11 is 8.62. The Labute approximate surface area is 93.4 Å². The number of rotatable bonds is 2. The second kappa shape index (κ2) is 4.31. The van der Waals surface area contributed by atoms with Crippen LogP contribution in [0.15, 0.2) is 16.6 Å². The molecular weight excluding hydrogens is 274 g/mol. The van der Waals surface area contributed by atoms with Gasteiger partial charge in [-0.15, -0.1) is 0 Å². The van der Waals surface area contributed by atoms with Crippen LogP contribution in [0.5, 0.6) is 0 Å². The molecule has 0 aliphatic carbocycles. The Bertz CT molecular complexity index is 382. The number of carbonyl (C=O) groups is 1. The summed E-state index contributed by atoms with van der Waals surface area (Å²) in [6.45, 7) is 0. The molecule has 0 spiro atoms. The molecule has 4 nitrogen and oxygen atoms in total. The summed E-state index contributed by atoms with van der Waals surface area (Å²) < 4.78 is 0.286. The first kappa shape index (κ1) is 11.5. The summed E-state index contributed by atoms with van der Waals surface area (Å²) in [4.78, 5) is 10.6. The molecular formula is C7H5BBrClO4. The number of benzene rings is 1. The van der Waals surface area contributed by atoms with E-state index < -0.39 is 13.1 Å². The quantitative estimate of drug-likeness (QED) is 0.688. The molecule has 1 rings (SSSR count). The second-order valence-corrected chi connectivity index (χ2v) is 3.79. The predicted octanol–water partition coefficient (Wildman–Crippen LogP) is 0.480. The molecule has 0 fully saturated rings. The van der Waals surface area contributed by atoms with Gasteiger partial charge in [-0.05, 0) is 17.6 Å². The van der Waals surface area contributed by atoms with E-state index in [1.807, 2.05) is 0 Å². The van der Waals surface area contributed by atoms with Crippen LogP contribution < -0.4 is 5.46 Å². The smallest absolute Gasteiger partial charge is 0.478 e. The fourth-order valence-electron chi connectivity index (χ4n) is 0.924. The third kappa shape index (κ3) is 2.27. The standard InChI is InChI=1S/C7H5BBrClO4/c9-5-1-3(7(11)12)6(10)2-4(5)8(13)14/h1-2,13-14H,(H,11,12). The van der Waals surface area contributed by atoms with Crippen molar-refractivity contribution in [3.63, 3.8) is 0 Å². The lowest BCUT2D eigenvalue weighted by atomic mass is 9.80. The molecule has 74 valence electrons. The third-order valence-electron chi connectivity index (χ3n) is 1.59. The highest BCUT2D eigenvalue weighted by Gasteiger charge is 2.19. The van der Waals surface area contributed by atoms with E-state index in [0.29, 0.717) is 0 Å². The summed E-state index contributed by atoms with van der Waals surface area (Å²) in [5, 5.41) is 26.4. The van der Waals surface area contributed by atoms with Gasteiger partial charge in [0.05, 0.1) is 10.6 Å². The largest absolute Gasteiger partial charge is 0.489 e. The van der Waals surface area contributed by atoms with Crippen molar-refractivity contribution < 1.29 is 19.9 Å². The summed E-state index contributed by atoms with van der Waals surface area (Å²) in [6, 6.07) is 2.42. The maximum absolute atomic E-state index is 10.6. The molecule has 0 aromatic heterocycles. The highest BCUT2D eigenvalue weighted by Crippen LogP contribution is 2.19. The first-order chi connectivity index (χ1) is 6.43. The van der Waals surface area contributed by atoms with Crippen LogP contribution >= 0.6 is 27.5 Å². The Kier molecular flexibility index (Phi) is 3.55. The molecule has 0 heterocycles. The second-order valence-electron chi connectivity index (χ2n) is 2.53. The molecule has 3 N–H and O–H groups in total. The third-order valence-corrected chi connectivity index (χ3v) is 2.59. The predicted molar refractivity (Wildman–Crippen MR) is 55.9 cm³/mol. The van der Waals surface area contributed by atoms with Gasteiger partial charge in [0.2, 0.25) is 0 Å². The van der Waals surface area contributed by atoms with Crippen molar-refractivity contribution >= 4 is 46.1 Å². The molecule has 0 aliphatic heterocycles. The topological polar surface area (TPSA) is 77.8 Å².